The number of ether oxygens (including phenoxy) is 2. The number of carbonyl (C=O) groups excluding carboxylic acids is 2. The fourth-order valence-electron chi connectivity index (χ4n) is 4.04. The Kier molecular flexibility index (Phi) is 6.49. The minimum atomic E-state index is -0.919. The van der Waals surface area contributed by atoms with Crippen molar-refractivity contribution in [2.75, 3.05) is 13.7 Å². The molecule has 34 heavy (non-hydrogen) atoms. The fourth-order valence-corrected chi connectivity index (χ4v) is 4.04. The van der Waals surface area contributed by atoms with E-state index in [0.29, 0.717) is 29.0 Å². The van der Waals surface area contributed by atoms with Gasteiger partial charge in [0.15, 0.2) is 11.5 Å². The second-order valence-electron chi connectivity index (χ2n) is 7.63. The normalized spacial score (nSPS) is 17.1. The minimum Gasteiger partial charge on any atom is -0.507 e. The number of pyridine rings is 1. The molecule has 1 aliphatic rings. The summed E-state index contributed by atoms with van der Waals surface area (Å²) in [5.41, 5.74) is 1.51. The van der Waals surface area contributed by atoms with Gasteiger partial charge in [-0.1, -0.05) is 24.3 Å². The van der Waals surface area contributed by atoms with Crippen molar-refractivity contribution in [3.8, 4) is 17.2 Å². The van der Waals surface area contributed by atoms with E-state index in [1.165, 1.54) is 30.5 Å². The number of methoxy groups -OCH3 is 1. The van der Waals surface area contributed by atoms with Crippen molar-refractivity contribution in [3.05, 3.63) is 89.3 Å². The van der Waals surface area contributed by atoms with Crippen LogP contribution in [0.2, 0.25) is 0 Å². The van der Waals surface area contributed by atoms with Gasteiger partial charge < -0.3 is 24.6 Å². The molecule has 0 spiro atoms. The Labute approximate surface area is 196 Å². The third kappa shape index (κ3) is 4.17. The maximum atomic E-state index is 13.2. The summed E-state index contributed by atoms with van der Waals surface area (Å²) >= 11 is 0. The monoisotopic (exact) mass is 460 g/mol. The highest BCUT2D eigenvalue weighted by atomic mass is 16.5. The van der Waals surface area contributed by atoms with Crippen molar-refractivity contribution in [1.82, 2.24) is 9.88 Å². The first kappa shape index (κ1) is 22.8. The summed E-state index contributed by atoms with van der Waals surface area (Å²) < 4.78 is 10.9. The summed E-state index contributed by atoms with van der Waals surface area (Å²) in [5, 5.41) is 21.3. The average Bonchev–Trinajstić information content (AvgIpc) is 3.11. The van der Waals surface area contributed by atoms with Crippen LogP contribution in [0, 0.1) is 0 Å². The van der Waals surface area contributed by atoms with E-state index in [1.54, 1.807) is 43.3 Å². The molecular weight excluding hydrogens is 436 g/mol. The molecule has 0 bridgehead atoms. The maximum Gasteiger partial charge on any atom is 0.295 e. The molecule has 1 atom stereocenters. The van der Waals surface area contributed by atoms with E-state index in [9.17, 15) is 19.8 Å². The Morgan fingerprint density at radius 1 is 1.06 bits per heavy atom. The first-order valence-corrected chi connectivity index (χ1v) is 10.7. The Hall–Kier alpha value is -4.33. The number of rotatable bonds is 7. The Bertz CT molecular complexity index is 1260. The zero-order chi connectivity index (χ0) is 24.2. The number of carbonyl (C=O) groups is 2. The number of ketones is 1. The van der Waals surface area contributed by atoms with Crippen LogP contribution < -0.4 is 9.47 Å². The van der Waals surface area contributed by atoms with Crippen molar-refractivity contribution in [1.29, 1.82) is 0 Å². The van der Waals surface area contributed by atoms with Crippen molar-refractivity contribution in [2.45, 2.75) is 19.5 Å². The van der Waals surface area contributed by atoms with Crippen LogP contribution in [0.4, 0.5) is 0 Å². The van der Waals surface area contributed by atoms with Crippen molar-refractivity contribution >= 4 is 17.4 Å². The number of phenolic OH excluding ortho intramolecular Hbond substituents is 1. The maximum absolute atomic E-state index is 13.2. The summed E-state index contributed by atoms with van der Waals surface area (Å²) in [7, 11) is 1.53. The lowest BCUT2D eigenvalue weighted by atomic mass is 9.95. The molecule has 0 radical (unpaired) electrons. The van der Waals surface area contributed by atoms with Crippen molar-refractivity contribution < 1.29 is 29.3 Å². The molecule has 2 N–H and O–H groups in total. The van der Waals surface area contributed by atoms with Gasteiger partial charge in [0.25, 0.3) is 11.7 Å². The number of nitrogens with zero attached hydrogens (tertiary/aromatic N) is 2. The highest BCUT2D eigenvalue weighted by molar-refractivity contribution is 6.46. The molecule has 8 heteroatoms. The topological polar surface area (TPSA) is 109 Å². The molecule has 1 amide bonds. The van der Waals surface area contributed by atoms with Crippen LogP contribution in [-0.2, 0) is 16.1 Å². The van der Waals surface area contributed by atoms with Crippen LogP contribution in [0.25, 0.3) is 5.76 Å². The van der Waals surface area contributed by atoms with E-state index in [1.807, 2.05) is 12.1 Å². The number of aliphatic hydroxyl groups excluding tert-OH is 1. The quantitative estimate of drug-likeness (QED) is 0.313. The average molecular weight is 460 g/mol. The first-order chi connectivity index (χ1) is 16.5. The van der Waals surface area contributed by atoms with Crippen LogP contribution in [-0.4, -0.2) is 45.5 Å². The Morgan fingerprint density at radius 2 is 1.79 bits per heavy atom. The molecule has 174 valence electrons. The number of amides is 1. The number of hydrogen-bond donors (Lipinski definition) is 2. The number of para-hydroxylation sites is 1. The van der Waals surface area contributed by atoms with Gasteiger partial charge in [-0.2, -0.15) is 0 Å². The molecule has 3 aromatic rings. The van der Waals surface area contributed by atoms with E-state index in [-0.39, 0.29) is 29.4 Å². The lowest BCUT2D eigenvalue weighted by Gasteiger charge is -2.26. The lowest BCUT2D eigenvalue weighted by molar-refractivity contribution is -0.140. The molecule has 8 nitrogen and oxygen atoms in total. The number of benzene rings is 2. The number of hydrogen-bond acceptors (Lipinski definition) is 7. The number of aromatic hydroxyl groups is 1. The second kappa shape index (κ2) is 9.66. The van der Waals surface area contributed by atoms with Crippen LogP contribution in [0.15, 0.2) is 72.6 Å². The predicted molar refractivity (Wildman–Crippen MR) is 124 cm³/mol. The first-order valence-electron chi connectivity index (χ1n) is 10.7. The number of aliphatic hydroxyl groups is 1. The molecule has 1 fully saturated rings. The fraction of sp³-hybridized carbons (Fsp3) is 0.192. The standard InChI is InChI=1S/C26H24N2O6/c1-3-34-21-14-17(8-9-19(21)29)23-22(24(30)16-10-12-27-13-11-16)25(31)26(32)28(23)15-18-6-4-5-7-20(18)33-2/h4-14,23,29-30H,3,15H2,1-2H3/b24-22-. The van der Waals surface area contributed by atoms with E-state index < -0.39 is 17.7 Å². The minimum absolute atomic E-state index is 0.0563. The Morgan fingerprint density at radius 3 is 2.50 bits per heavy atom. The van der Waals surface area contributed by atoms with Gasteiger partial charge in [-0.25, -0.2) is 0 Å². The van der Waals surface area contributed by atoms with Gasteiger partial charge in [-0.15, -0.1) is 0 Å². The van der Waals surface area contributed by atoms with Crippen molar-refractivity contribution in [3.63, 3.8) is 0 Å². The molecule has 0 saturated carbocycles. The summed E-state index contributed by atoms with van der Waals surface area (Å²) in [5.74, 6) is -1.15. The van der Waals surface area contributed by atoms with Gasteiger partial charge in [-0.05, 0) is 42.8 Å². The zero-order valence-corrected chi connectivity index (χ0v) is 18.8. The third-order valence-electron chi connectivity index (χ3n) is 5.63. The van der Waals surface area contributed by atoms with Gasteiger partial charge in [0.05, 0.1) is 31.9 Å². The molecular formula is C26H24N2O6. The second-order valence-corrected chi connectivity index (χ2v) is 7.63. The summed E-state index contributed by atoms with van der Waals surface area (Å²) in [6.45, 7) is 2.16. The van der Waals surface area contributed by atoms with Crippen LogP contribution in [0.5, 0.6) is 17.2 Å². The smallest absolute Gasteiger partial charge is 0.295 e. The highest BCUT2D eigenvalue weighted by Gasteiger charge is 2.46. The van der Waals surface area contributed by atoms with E-state index >= 15 is 0 Å². The molecule has 2 heterocycles. The van der Waals surface area contributed by atoms with Crippen molar-refractivity contribution in [2.24, 2.45) is 0 Å². The van der Waals surface area contributed by atoms with Gasteiger partial charge in [0, 0.05) is 23.5 Å². The molecule has 2 aromatic carbocycles. The molecule has 1 saturated heterocycles. The molecule has 1 aromatic heterocycles. The van der Waals surface area contributed by atoms with Crippen LogP contribution in [0.1, 0.15) is 29.7 Å². The van der Waals surface area contributed by atoms with Gasteiger partial charge >= 0.3 is 0 Å². The summed E-state index contributed by atoms with van der Waals surface area (Å²) in [6, 6.07) is 14.0. The summed E-state index contributed by atoms with van der Waals surface area (Å²) in [6.07, 6.45) is 2.98. The summed E-state index contributed by atoms with van der Waals surface area (Å²) in [4.78, 5) is 31.7. The van der Waals surface area contributed by atoms with Gasteiger partial charge in [0.1, 0.15) is 11.5 Å². The highest BCUT2D eigenvalue weighted by Crippen LogP contribution is 2.43. The Balaban J connectivity index is 1.89. The van der Waals surface area contributed by atoms with Crippen LogP contribution >= 0.6 is 0 Å². The number of likely N-dealkylation sites (tertiary alicyclic amines) is 1. The van der Waals surface area contributed by atoms with Gasteiger partial charge in [-0.3, -0.25) is 14.6 Å². The lowest BCUT2D eigenvalue weighted by Crippen LogP contribution is -2.29. The SMILES string of the molecule is CCOc1cc(C2/C(=C(/O)c3ccncc3)C(=O)C(=O)N2Cc2ccccc2OC)ccc1O. The molecule has 4 rings (SSSR count). The number of phenols is 1. The van der Waals surface area contributed by atoms with E-state index in [4.69, 9.17) is 9.47 Å². The third-order valence-corrected chi connectivity index (χ3v) is 5.63. The molecule has 1 aliphatic heterocycles. The van der Waals surface area contributed by atoms with Gasteiger partial charge in [0.2, 0.25) is 0 Å². The van der Waals surface area contributed by atoms with E-state index in [2.05, 4.69) is 4.98 Å². The van der Waals surface area contributed by atoms with Crippen LogP contribution in [0.3, 0.4) is 0 Å². The molecule has 0 aliphatic carbocycles. The zero-order valence-electron chi connectivity index (χ0n) is 18.8. The number of aromatic nitrogens is 1. The predicted octanol–water partition coefficient (Wildman–Crippen LogP) is 3.82. The van der Waals surface area contributed by atoms with E-state index in [0.717, 1.165) is 0 Å². The largest absolute Gasteiger partial charge is 0.507 e. The molecule has 1 unspecified atom stereocenters. The number of Topliss-reactive ketones (excluding diaryl/α,β-unsaturated/α-hetero) is 1.